The van der Waals surface area contributed by atoms with Crippen LogP contribution < -0.4 is 4.90 Å². The monoisotopic (exact) mass is 398 g/mol. The van der Waals surface area contributed by atoms with Gasteiger partial charge in [-0.3, -0.25) is 4.79 Å². The minimum absolute atomic E-state index is 0.172. The highest BCUT2D eigenvalue weighted by Gasteiger charge is 2.34. The molecule has 2 aromatic rings. The molecule has 6 heteroatoms. The Morgan fingerprint density at radius 3 is 2.75 bits per heavy atom. The van der Waals surface area contributed by atoms with Crippen molar-refractivity contribution in [3.05, 3.63) is 16.3 Å². The number of fused-ring (bicyclic) bond motifs is 3. The molecule has 0 atom stereocenters. The molecule has 5 rings (SSSR count). The van der Waals surface area contributed by atoms with Crippen LogP contribution in [0.25, 0.3) is 10.2 Å². The second-order valence-corrected chi connectivity index (χ2v) is 10.7. The standard InChI is InChI=1S/C22H30N4OS/c1-22(2)10-11-26(13-22)18(27)12-17-23-20(25(3)14-8-9-14)19-15-6-4-5-7-16(15)28-21(19)24-17/h14H,4-13H2,1-3H3. The van der Waals surface area contributed by atoms with Gasteiger partial charge < -0.3 is 9.80 Å². The van der Waals surface area contributed by atoms with Gasteiger partial charge in [-0.25, -0.2) is 9.97 Å². The van der Waals surface area contributed by atoms with E-state index in [1.165, 1.54) is 47.9 Å². The van der Waals surface area contributed by atoms with Crippen LogP contribution >= 0.6 is 11.3 Å². The largest absolute Gasteiger partial charge is 0.356 e. The second-order valence-electron chi connectivity index (χ2n) is 9.60. The van der Waals surface area contributed by atoms with E-state index < -0.39 is 0 Å². The fourth-order valence-electron chi connectivity index (χ4n) is 4.72. The Morgan fingerprint density at radius 1 is 1.25 bits per heavy atom. The minimum atomic E-state index is 0.172. The molecule has 28 heavy (non-hydrogen) atoms. The molecule has 5 nitrogen and oxygen atoms in total. The summed E-state index contributed by atoms with van der Waals surface area (Å²) in [7, 11) is 2.17. The van der Waals surface area contributed by atoms with Gasteiger partial charge in [-0.05, 0) is 55.9 Å². The van der Waals surface area contributed by atoms with Crippen LogP contribution in [0, 0.1) is 5.41 Å². The molecule has 0 unspecified atom stereocenters. The maximum absolute atomic E-state index is 12.9. The molecule has 1 aliphatic heterocycles. The van der Waals surface area contributed by atoms with Crippen LogP contribution in [-0.2, 0) is 24.1 Å². The molecular weight excluding hydrogens is 368 g/mol. The third-order valence-electron chi connectivity index (χ3n) is 6.61. The van der Waals surface area contributed by atoms with E-state index in [0.717, 1.165) is 36.6 Å². The number of carbonyl (C=O) groups excluding carboxylic acids is 1. The summed E-state index contributed by atoms with van der Waals surface area (Å²) in [5.74, 6) is 1.94. The number of hydrogen-bond acceptors (Lipinski definition) is 5. The molecule has 3 aliphatic rings. The normalized spacial score (nSPS) is 21.2. The van der Waals surface area contributed by atoms with Crippen molar-refractivity contribution in [3.8, 4) is 0 Å². The summed E-state index contributed by atoms with van der Waals surface area (Å²) in [6.45, 7) is 6.18. The highest BCUT2D eigenvalue weighted by molar-refractivity contribution is 7.19. The number of nitrogens with zero attached hydrogens (tertiary/aromatic N) is 4. The van der Waals surface area contributed by atoms with Crippen LogP contribution in [0.1, 0.15) is 62.2 Å². The highest BCUT2D eigenvalue weighted by Crippen LogP contribution is 2.42. The summed E-state index contributed by atoms with van der Waals surface area (Å²) in [5.41, 5.74) is 1.71. The topological polar surface area (TPSA) is 49.3 Å². The Labute approximate surface area is 171 Å². The first-order valence-electron chi connectivity index (χ1n) is 10.7. The fourth-order valence-corrected chi connectivity index (χ4v) is 6.00. The Bertz CT molecular complexity index is 930. The van der Waals surface area contributed by atoms with E-state index in [1.807, 2.05) is 16.2 Å². The first-order valence-corrected chi connectivity index (χ1v) is 11.5. The first kappa shape index (κ1) is 18.3. The molecule has 150 valence electrons. The molecule has 0 bridgehead atoms. The quantitative estimate of drug-likeness (QED) is 0.782. The van der Waals surface area contributed by atoms with E-state index in [4.69, 9.17) is 9.97 Å². The molecule has 1 saturated heterocycles. The van der Waals surface area contributed by atoms with Crippen molar-refractivity contribution in [2.45, 2.75) is 71.3 Å². The van der Waals surface area contributed by atoms with E-state index in [-0.39, 0.29) is 11.3 Å². The number of aryl methyl sites for hydroxylation is 2. The van der Waals surface area contributed by atoms with Gasteiger partial charge in [0.2, 0.25) is 5.91 Å². The van der Waals surface area contributed by atoms with E-state index in [9.17, 15) is 4.79 Å². The number of amides is 1. The summed E-state index contributed by atoms with van der Waals surface area (Å²) in [4.78, 5) is 29.7. The lowest BCUT2D eigenvalue weighted by Crippen LogP contribution is -2.32. The van der Waals surface area contributed by atoms with Crippen molar-refractivity contribution in [2.24, 2.45) is 5.41 Å². The molecule has 0 radical (unpaired) electrons. The first-order chi connectivity index (χ1) is 13.4. The van der Waals surface area contributed by atoms with Crippen molar-refractivity contribution in [2.75, 3.05) is 25.0 Å². The van der Waals surface area contributed by atoms with E-state index >= 15 is 0 Å². The number of hydrogen-bond donors (Lipinski definition) is 0. The summed E-state index contributed by atoms with van der Waals surface area (Å²) < 4.78 is 0. The average molecular weight is 399 g/mol. The van der Waals surface area contributed by atoms with Gasteiger partial charge in [0, 0.05) is 31.1 Å². The molecule has 2 fully saturated rings. The van der Waals surface area contributed by atoms with Crippen LogP contribution in [0.5, 0.6) is 0 Å². The van der Waals surface area contributed by atoms with Gasteiger partial charge in [-0.15, -0.1) is 11.3 Å². The Hall–Kier alpha value is -1.69. The number of carbonyl (C=O) groups is 1. The zero-order valence-corrected chi connectivity index (χ0v) is 18.1. The third-order valence-corrected chi connectivity index (χ3v) is 7.80. The Morgan fingerprint density at radius 2 is 2.04 bits per heavy atom. The van der Waals surface area contributed by atoms with E-state index in [2.05, 4.69) is 25.8 Å². The smallest absolute Gasteiger partial charge is 0.230 e. The molecule has 1 amide bonds. The van der Waals surface area contributed by atoms with Crippen molar-refractivity contribution in [1.82, 2.24) is 14.9 Å². The van der Waals surface area contributed by atoms with Gasteiger partial charge in [0.05, 0.1) is 11.8 Å². The van der Waals surface area contributed by atoms with Crippen molar-refractivity contribution >= 4 is 33.3 Å². The molecule has 2 aromatic heterocycles. The maximum Gasteiger partial charge on any atom is 0.230 e. The number of aromatic nitrogens is 2. The zero-order chi connectivity index (χ0) is 19.5. The third kappa shape index (κ3) is 3.30. The predicted octanol–water partition coefficient (Wildman–Crippen LogP) is 3.97. The fraction of sp³-hybridized carbons (Fsp3) is 0.682. The summed E-state index contributed by atoms with van der Waals surface area (Å²) in [6, 6.07) is 0.597. The van der Waals surface area contributed by atoms with Gasteiger partial charge >= 0.3 is 0 Å². The van der Waals surface area contributed by atoms with Crippen LogP contribution in [-0.4, -0.2) is 47.0 Å². The zero-order valence-electron chi connectivity index (χ0n) is 17.3. The van der Waals surface area contributed by atoms with E-state index in [0.29, 0.717) is 18.3 Å². The summed E-state index contributed by atoms with van der Waals surface area (Å²) in [5, 5.41) is 1.27. The van der Waals surface area contributed by atoms with Gasteiger partial charge in [-0.2, -0.15) is 0 Å². The number of likely N-dealkylation sites (tertiary alicyclic amines) is 1. The lowest BCUT2D eigenvalue weighted by molar-refractivity contribution is -0.129. The van der Waals surface area contributed by atoms with Gasteiger partial charge in [0.15, 0.2) is 0 Å². The molecule has 1 saturated carbocycles. The number of anilines is 1. The predicted molar refractivity (Wildman–Crippen MR) is 114 cm³/mol. The molecule has 0 aromatic carbocycles. The second kappa shape index (κ2) is 6.68. The highest BCUT2D eigenvalue weighted by atomic mass is 32.1. The lowest BCUT2D eigenvalue weighted by Gasteiger charge is -2.22. The number of rotatable bonds is 4. The average Bonchev–Trinajstić information content (AvgIpc) is 3.35. The van der Waals surface area contributed by atoms with Crippen LogP contribution in [0.4, 0.5) is 5.82 Å². The maximum atomic E-state index is 12.9. The van der Waals surface area contributed by atoms with Gasteiger partial charge in [0.25, 0.3) is 0 Å². The van der Waals surface area contributed by atoms with Crippen LogP contribution in [0.15, 0.2) is 0 Å². The van der Waals surface area contributed by atoms with Crippen molar-refractivity contribution < 1.29 is 4.79 Å². The summed E-state index contributed by atoms with van der Waals surface area (Å²) in [6.07, 6.45) is 8.72. The Kier molecular flexibility index (Phi) is 4.38. The minimum Gasteiger partial charge on any atom is -0.356 e. The van der Waals surface area contributed by atoms with Gasteiger partial charge in [-0.1, -0.05) is 13.8 Å². The van der Waals surface area contributed by atoms with Crippen LogP contribution in [0.3, 0.4) is 0 Å². The number of thiophene rings is 1. The molecule has 3 heterocycles. The Balaban J connectivity index is 1.50. The molecule has 0 spiro atoms. The molecule has 0 N–H and O–H groups in total. The van der Waals surface area contributed by atoms with Gasteiger partial charge in [0.1, 0.15) is 16.5 Å². The molecular formula is C22H30N4OS. The molecule has 2 aliphatic carbocycles. The van der Waals surface area contributed by atoms with E-state index in [1.54, 1.807) is 0 Å². The summed E-state index contributed by atoms with van der Waals surface area (Å²) >= 11 is 1.83. The SMILES string of the molecule is CN(c1nc(CC(=O)N2CCC(C)(C)C2)nc2sc3c(c12)CCCC3)C1CC1. The lowest BCUT2D eigenvalue weighted by atomic mass is 9.93. The van der Waals surface area contributed by atoms with Crippen LogP contribution in [0.2, 0.25) is 0 Å². The van der Waals surface area contributed by atoms with Crippen molar-refractivity contribution in [3.63, 3.8) is 0 Å². The van der Waals surface area contributed by atoms with Crippen molar-refractivity contribution in [1.29, 1.82) is 0 Å².